The van der Waals surface area contributed by atoms with Gasteiger partial charge in [-0.1, -0.05) is 39.3 Å². The van der Waals surface area contributed by atoms with Gasteiger partial charge >= 0.3 is 0 Å². The maximum atomic E-state index is 11.6. The van der Waals surface area contributed by atoms with Crippen LogP contribution in [0.2, 0.25) is 5.02 Å². The van der Waals surface area contributed by atoms with E-state index in [1.54, 1.807) is 23.9 Å². The molecule has 1 aliphatic rings. The zero-order valence-corrected chi connectivity index (χ0v) is 13.9. The molecule has 0 bridgehead atoms. The highest BCUT2D eigenvalue weighted by atomic mass is 79.9. The Balaban J connectivity index is 1.67. The van der Waals surface area contributed by atoms with Gasteiger partial charge in [-0.05, 0) is 24.6 Å². The van der Waals surface area contributed by atoms with E-state index in [1.807, 2.05) is 6.07 Å². The monoisotopic (exact) mass is 376 g/mol. The van der Waals surface area contributed by atoms with Gasteiger partial charge in [0.2, 0.25) is 5.91 Å². The molecule has 0 aliphatic carbocycles. The number of carbonyl (C=O) groups excluding carboxylic acids is 1. The summed E-state index contributed by atoms with van der Waals surface area (Å²) in [5.74, 6) is 1.55. The van der Waals surface area contributed by atoms with Gasteiger partial charge in [-0.2, -0.15) is 0 Å². The third kappa shape index (κ3) is 5.00. The molecule has 108 valence electrons. The molecule has 0 atom stereocenters. The Morgan fingerprint density at radius 2 is 2.40 bits per heavy atom. The average molecular weight is 378 g/mol. The summed E-state index contributed by atoms with van der Waals surface area (Å²) in [5.41, 5.74) is 0. The average Bonchev–Trinajstić information content (AvgIpc) is 2.89. The van der Waals surface area contributed by atoms with E-state index in [4.69, 9.17) is 16.3 Å². The zero-order chi connectivity index (χ0) is 14.4. The van der Waals surface area contributed by atoms with Crippen molar-refractivity contribution in [2.75, 3.05) is 18.9 Å². The normalized spacial score (nSPS) is 14.0. The van der Waals surface area contributed by atoms with Crippen LogP contribution in [0.1, 0.15) is 12.8 Å². The number of nitrogens with zero attached hydrogens (tertiary/aromatic N) is 1. The first kappa shape index (κ1) is 15.7. The van der Waals surface area contributed by atoms with Crippen molar-refractivity contribution in [2.45, 2.75) is 12.8 Å². The summed E-state index contributed by atoms with van der Waals surface area (Å²) in [4.78, 5) is 15.8. The molecule has 0 unspecified atom stereocenters. The van der Waals surface area contributed by atoms with E-state index in [1.165, 1.54) is 0 Å². The number of hydrogen-bond acceptors (Lipinski definition) is 4. The van der Waals surface area contributed by atoms with Crippen molar-refractivity contribution in [3.63, 3.8) is 0 Å². The summed E-state index contributed by atoms with van der Waals surface area (Å²) >= 11 is 10.9. The molecule has 0 saturated heterocycles. The summed E-state index contributed by atoms with van der Waals surface area (Å²) in [6.07, 6.45) is 1.05. The molecule has 1 aromatic rings. The van der Waals surface area contributed by atoms with Gasteiger partial charge in [0, 0.05) is 16.6 Å². The Morgan fingerprint density at radius 3 is 3.10 bits per heavy atom. The van der Waals surface area contributed by atoms with E-state index >= 15 is 0 Å². The molecule has 0 saturated carbocycles. The van der Waals surface area contributed by atoms with Crippen molar-refractivity contribution in [1.29, 1.82) is 0 Å². The number of amidine groups is 1. The number of aliphatic imine (C=N–C) groups is 1. The van der Waals surface area contributed by atoms with Crippen LogP contribution in [-0.4, -0.2) is 30.0 Å². The minimum Gasteiger partial charge on any atom is -0.492 e. The van der Waals surface area contributed by atoms with E-state index in [0.29, 0.717) is 30.2 Å². The number of benzene rings is 1. The molecule has 7 heteroatoms. The predicted molar refractivity (Wildman–Crippen MR) is 86.8 cm³/mol. The number of ether oxygens (including phenoxy) is 1. The standard InChI is InChI=1S/C13H14BrClN2O2S/c14-9-3-4-11(10(15)8-9)19-6-1-2-12(18)17-13-16-5-7-20-13/h3-4,8H,1-2,5-7H2,(H,16,17,18). The fourth-order valence-electron chi connectivity index (χ4n) is 1.60. The molecule has 0 fully saturated rings. The van der Waals surface area contributed by atoms with Crippen LogP contribution in [0.5, 0.6) is 5.75 Å². The summed E-state index contributed by atoms with van der Waals surface area (Å²) < 4.78 is 6.45. The zero-order valence-electron chi connectivity index (χ0n) is 10.7. The fraction of sp³-hybridized carbons (Fsp3) is 0.385. The quantitative estimate of drug-likeness (QED) is 0.799. The van der Waals surface area contributed by atoms with Crippen molar-refractivity contribution in [2.24, 2.45) is 4.99 Å². The van der Waals surface area contributed by atoms with E-state index in [2.05, 4.69) is 26.2 Å². The van der Waals surface area contributed by atoms with Gasteiger partial charge in [0.05, 0.1) is 18.2 Å². The number of amides is 1. The molecule has 2 rings (SSSR count). The predicted octanol–water partition coefficient (Wildman–Crippen LogP) is 3.48. The first-order valence-corrected chi connectivity index (χ1v) is 8.36. The third-order valence-corrected chi connectivity index (χ3v) is 4.21. The second-order valence-electron chi connectivity index (χ2n) is 4.11. The molecule has 0 aromatic heterocycles. The number of carbonyl (C=O) groups is 1. The molecule has 1 aliphatic heterocycles. The third-order valence-electron chi connectivity index (χ3n) is 2.53. The van der Waals surface area contributed by atoms with Crippen molar-refractivity contribution in [1.82, 2.24) is 5.32 Å². The minimum atomic E-state index is -0.0244. The van der Waals surface area contributed by atoms with Gasteiger partial charge < -0.3 is 10.1 Å². The molecular formula is C13H14BrClN2O2S. The largest absolute Gasteiger partial charge is 0.492 e. The van der Waals surface area contributed by atoms with Crippen LogP contribution < -0.4 is 10.1 Å². The summed E-state index contributed by atoms with van der Waals surface area (Å²) in [7, 11) is 0. The number of halogens is 2. The highest BCUT2D eigenvalue weighted by Gasteiger charge is 2.10. The first-order chi connectivity index (χ1) is 9.65. The van der Waals surface area contributed by atoms with Gasteiger partial charge in [0.25, 0.3) is 0 Å². The molecule has 4 nitrogen and oxygen atoms in total. The van der Waals surface area contributed by atoms with Crippen LogP contribution in [0.15, 0.2) is 27.7 Å². The SMILES string of the molecule is O=C(CCCOc1ccc(Br)cc1Cl)NC1=NCCS1. The lowest BCUT2D eigenvalue weighted by Gasteiger charge is -2.08. The molecular weight excluding hydrogens is 364 g/mol. The number of rotatable bonds is 5. The van der Waals surface area contributed by atoms with E-state index < -0.39 is 0 Å². The van der Waals surface area contributed by atoms with Crippen molar-refractivity contribution >= 4 is 50.4 Å². The van der Waals surface area contributed by atoms with Gasteiger partial charge in [0.15, 0.2) is 5.17 Å². The molecule has 0 spiro atoms. The van der Waals surface area contributed by atoms with Crippen molar-refractivity contribution in [3.8, 4) is 5.75 Å². The Bertz CT molecular complexity index is 525. The summed E-state index contributed by atoms with van der Waals surface area (Å²) in [6, 6.07) is 5.44. The topological polar surface area (TPSA) is 50.7 Å². The highest BCUT2D eigenvalue weighted by Crippen LogP contribution is 2.27. The molecule has 1 heterocycles. The Morgan fingerprint density at radius 1 is 1.55 bits per heavy atom. The van der Waals surface area contributed by atoms with Gasteiger partial charge in [0.1, 0.15) is 5.75 Å². The van der Waals surface area contributed by atoms with Crippen LogP contribution in [0.3, 0.4) is 0 Å². The van der Waals surface area contributed by atoms with Crippen molar-refractivity contribution < 1.29 is 9.53 Å². The molecule has 1 N–H and O–H groups in total. The number of thioether (sulfide) groups is 1. The van der Waals surface area contributed by atoms with E-state index in [9.17, 15) is 4.79 Å². The number of nitrogens with one attached hydrogen (secondary N) is 1. The van der Waals surface area contributed by atoms with Crippen LogP contribution in [-0.2, 0) is 4.79 Å². The van der Waals surface area contributed by atoms with Gasteiger partial charge in [-0.15, -0.1) is 0 Å². The smallest absolute Gasteiger partial charge is 0.226 e. The Kier molecular flexibility index (Phi) is 6.19. The maximum absolute atomic E-state index is 11.6. The molecule has 1 amide bonds. The van der Waals surface area contributed by atoms with Crippen molar-refractivity contribution in [3.05, 3.63) is 27.7 Å². The molecule has 1 aromatic carbocycles. The Labute approximate surface area is 135 Å². The Hall–Kier alpha value is -0.720. The molecule has 0 radical (unpaired) electrons. The van der Waals surface area contributed by atoms with E-state index in [-0.39, 0.29) is 5.91 Å². The van der Waals surface area contributed by atoms with Gasteiger partial charge in [-0.25, -0.2) is 0 Å². The van der Waals surface area contributed by atoms with E-state index in [0.717, 1.165) is 21.9 Å². The lowest BCUT2D eigenvalue weighted by atomic mass is 10.3. The van der Waals surface area contributed by atoms with Gasteiger partial charge in [-0.3, -0.25) is 9.79 Å². The summed E-state index contributed by atoms with van der Waals surface area (Å²) in [5, 5.41) is 4.07. The van der Waals surface area contributed by atoms with Crippen LogP contribution in [0, 0.1) is 0 Å². The first-order valence-electron chi connectivity index (χ1n) is 6.20. The number of hydrogen-bond donors (Lipinski definition) is 1. The lowest BCUT2D eigenvalue weighted by molar-refractivity contribution is -0.119. The minimum absolute atomic E-state index is 0.0244. The van der Waals surface area contributed by atoms with Crippen LogP contribution in [0.4, 0.5) is 0 Å². The van der Waals surface area contributed by atoms with Crippen LogP contribution >= 0.6 is 39.3 Å². The second-order valence-corrected chi connectivity index (χ2v) is 6.52. The second kappa shape index (κ2) is 7.90. The molecule has 20 heavy (non-hydrogen) atoms. The summed E-state index contributed by atoms with van der Waals surface area (Å²) in [6.45, 7) is 1.24. The highest BCUT2D eigenvalue weighted by molar-refractivity contribution is 9.10. The van der Waals surface area contributed by atoms with Crippen LogP contribution in [0.25, 0.3) is 0 Å². The fourth-order valence-corrected chi connectivity index (χ4v) is 3.07. The maximum Gasteiger partial charge on any atom is 0.226 e. The lowest BCUT2D eigenvalue weighted by Crippen LogP contribution is -2.27.